The zero-order chi connectivity index (χ0) is 30.9. The van der Waals surface area contributed by atoms with Gasteiger partial charge in [-0.25, -0.2) is 18.6 Å². The lowest BCUT2D eigenvalue weighted by Crippen LogP contribution is -2.64. The van der Waals surface area contributed by atoms with Crippen LogP contribution in [0.25, 0.3) is 32.1 Å². The van der Waals surface area contributed by atoms with Gasteiger partial charge in [-0.15, -0.1) is 16.4 Å². The SMILES string of the molecule is COc1nc(N2CCC3(CCN3C(=O)n3cnc(C#N)n3)C2)c2cc(Cl)c(-c3ccc(F)c4sc(N)c(C#N)c34)c(F)c2n1. The van der Waals surface area contributed by atoms with Crippen LogP contribution in [0.5, 0.6) is 6.01 Å². The number of anilines is 2. The number of methoxy groups -OCH3 is 1. The third kappa shape index (κ3) is 3.93. The van der Waals surface area contributed by atoms with Crippen LogP contribution in [-0.2, 0) is 0 Å². The van der Waals surface area contributed by atoms with E-state index in [-0.39, 0.29) is 54.2 Å². The first-order valence-electron chi connectivity index (χ1n) is 13.2. The van der Waals surface area contributed by atoms with Crippen LogP contribution < -0.4 is 15.4 Å². The monoisotopic (exact) mass is 632 g/mol. The lowest BCUT2D eigenvalue weighted by Gasteiger charge is -2.50. The van der Waals surface area contributed by atoms with Gasteiger partial charge in [0, 0.05) is 36.0 Å². The molecule has 0 saturated carbocycles. The Hall–Kier alpha value is -5.12. The van der Waals surface area contributed by atoms with E-state index < -0.39 is 23.2 Å². The van der Waals surface area contributed by atoms with E-state index in [1.807, 2.05) is 17.0 Å². The summed E-state index contributed by atoms with van der Waals surface area (Å²) in [5.41, 5.74) is 5.55. The van der Waals surface area contributed by atoms with Gasteiger partial charge in [0.2, 0.25) is 0 Å². The average Bonchev–Trinajstić information content (AvgIpc) is 3.75. The number of benzene rings is 2. The maximum absolute atomic E-state index is 16.5. The third-order valence-corrected chi connectivity index (χ3v) is 9.57. The van der Waals surface area contributed by atoms with E-state index in [1.54, 1.807) is 4.90 Å². The van der Waals surface area contributed by atoms with Gasteiger partial charge in [-0.1, -0.05) is 17.7 Å². The molecule has 2 aromatic carbocycles. The number of rotatable bonds is 3. The van der Waals surface area contributed by atoms with Crippen LogP contribution in [0.2, 0.25) is 5.02 Å². The van der Waals surface area contributed by atoms with E-state index >= 15 is 4.39 Å². The Morgan fingerprint density at radius 1 is 1.20 bits per heavy atom. The largest absolute Gasteiger partial charge is 0.467 e. The molecule has 2 aliphatic rings. The van der Waals surface area contributed by atoms with Crippen molar-refractivity contribution in [1.82, 2.24) is 29.6 Å². The van der Waals surface area contributed by atoms with Crippen molar-refractivity contribution >= 4 is 60.8 Å². The fourth-order valence-electron chi connectivity index (χ4n) is 6.08. The first-order chi connectivity index (χ1) is 21.2. The lowest BCUT2D eigenvalue weighted by molar-refractivity contribution is 0.0400. The summed E-state index contributed by atoms with van der Waals surface area (Å²) in [6.45, 7) is 1.36. The second-order valence-corrected chi connectivity index (χ2v) is 11.9. The molecule has 0 bridgehead atoms. The molecule has 5 aromatic rings. The standard InChI is InChI=1S/C28H19ClF2N10O2S/c1-43-26-36-22-14(8-16(29)20(21(22)31)13-2-3-17(30)23-19(13)15(9-32)24(34)44-23)25(37-26)39-6-4-28(11-39)5-7-40(28)27(42)41-12-35-18(10-33)38-41/h2-3,8,12H,4-7,11,34H2,1H3. The number of nitrogens with zero attached hydrogens (tertiary/aromatic N) is 9. The normalized spacial score (nSPS) is 17.7. The number of nitriles is 2. The molecular weight excluding hydrogens is 614 g/mol. The van der Waals surface area contributed by atoms with Crippen LogP contribution in [-0.4, -0.2) is 67.9 Å². The number of nitrogens with two attached hydrogens (primary N) is 1. The molecule has 1 unspecified atom stereocenters. The number of amides is 1. The smallest absolute Gasteiger partial charge is 0.346 e. The van der Waals surface area contributed by atoms with Crippen LogP contribution in [0.4, 0.5) is 24.4 Å². The van der Waals surface area contributed by atoms with Gasteiger partial charge in [0.15, 0.2) is 5.82 Å². The zero-order valence-corrected chi connectivity index (χ0v) is 24.4. The summed E-state index contributed by atoms with van der Waals surface area (Å²) >= 11 is 7.64. The molecule has 1 amide bonds. The number of thiophene rings is 1. The molecular formula is C28H19ClF2N10O2S. The van der Waals surface area contributed by atoms with Crippen molar-refractivity contribution in [3.63, 3.8) is 0 Å². The van der Waals surface area contributed by atoms with Crippen molar-refractivity contribution in [2.75, 3.05) is 37.4 Å². The van der Waals surface area contributed by atoms with E-state index in [4.69, 9.17) is 27.3 Å². The number of aromatic nitrogens is 5. The Balaban J connectivity index is 1.32. The molecule has 3 aromatic heterocycles. The summed E-state index contributed by atoms with van der Waals surface area (Å²) < 4.78 is 37.8. The minimum Gasteiger partial charge on any atom is -0.467 e. The molecule has 5 heterocycles. The Kier molecular flexibility index (Phi) is 6.28. The number of carbonyl (C=O) groups excluding carboxylic acids is 1. The van der Waals surface area contributed by atoms with Gasteiger partial charge in [-0.3, -0.25) is 0 Å². The van der Waals surface area contributed by atoms with Gasteiger partial charge in [-0.2, -0.15) is 25.2 Å². The van der Waals surface area contributed by atoms with Gasteiger partial charge in [0.1, 0.15) is 40.6 Å². The fourth-order valence-corrected chi connectivity index (χ4v) is 7.32. The predicted molar refractivity (Wildman–Crippen MR) is 157 cm³/mol. The number of hydrogen-bond donors (Lipinski definition) is 1. The molecule has 2 N–H and O–H groups in total. The molecule has 7 rings (SSSR count). The summed E-state index contributed by atoms with van der Waals surface area (Å²) in [6.07, 6.45) is 2.54. The topological polar surface area (TPSA) is 163 Å². The van der Waals surface area contributed by atoms with Gasteiger partial charge in [0.25, 0.3) is 5.82 Å². The fraction of sp³-hybridized carbons (Fsp3) is 0.250. The second kappa shape index (κ2) is 9.97. The highest BCUT2D eigenvalue weighted by Gasteiger charge is 2.52. The van der Waals surface area contributed by atoms with Crippen LogP contribution in [0, 0.1) is 34.3 Å². The first kappa shape index (κ1) is 27.7. The molecule has 2 aliphatic heterocycles. The summed E-state index contributed by atoms with van der Waals surface area (Å²) in [4.78, 5) is 29.5. The van der Waals surface area contributed by atoms with Crippen LogP contribution in [0.15, 0.2) is 24.5 Å². The molecule has 12 nitrogen and oxygen atoms in total. The van der Waals surface area contributed by atoms with Gasteiger partial charge in [0.05, 0.1) is 27.9 Å². The Morgan fingerprint density at radius 3 is 2.68 bits per heavy atom. The summed E-state index contributed by atoms with van der Waals surface area (Å²) in [6, 6.07) is 7.39. The van der Waals surface area contributed by atoms with Crippen LogP contribution >= 0.6 is 22.9 Å². The highest BCUT2D eigenvalue weighted by molar-refractivity contribution is 7.23. The van der Waals surface area contributed by atoms with Crippen LogP contribution in [0.1, 0.15) is 24.2 Å². The van der Waals surface area contributed by atoms with E-state index in [0.717, 1.165) is 22.4 Å². The summed E-state index contributed by atoms with van der Waals surface area (Å²) in [5.74, 6) is -1.13. The number of hydrogen-bond acceptors (Lipinski definition) is 11. The number of nitrogen functional groups attached to an aromatic ring is 1. The minimum absolute atomic E-state index is 0.000393. The van der Waals surface area contributed by atoms with Crippen molar-refractivity contribution < 1.29 is 18.3 Å². The predicted octanol–water partition coefficient (Wildman–Crippen LogP) is 4.69. The lowest BCUT2D eigenvalue weighted by atomic mass is 9.84. The Labute approximate surface area is 256 Å². The number of halogens is 3. The molecule has 0 aliphatic carbocycles. The molecule has 1 spiro atoms. The molecule has 2 saturated heterocycles. The van der Waals surface area contributed by atoms with E-state index in [2.05, 4.69) is 20.1 Å². The van der Waals surface area contributed by atoms with Crippen molar-refractivity contribution in [2.24, 2.45) is 0 Å². The molecule has 16 heteroatoms. The maximum atomic E-state index is 16.5. The molecule has 1 atom stereocenters. The minimum atomic E-state index is -0.801. The number of ether oxygens (including phenoxy) is 1. The van der Waals surface area contributed by atoms with Crippen molar-refractivity contribution in [3.05, 3.63) is 52.6 Å². The Morgan fingerprint density at radius 2 is 2.00 bits per heavy atom. The maximum Gasteiger partial charge on any atom is 0.346 e. The van der Waals surface area contributed by atoms with Crippen molar-refractivity contribution in [3.8, 4) is 29.3 Å². The summed E-state index contributed by atoms with van der Waals surface area (Å²) in [5, 5.41) is 23.3. The Bertz CT molecular complexity index is 2140. The molecule has 44 heavy (non-hydrogen) atoms. The first-order valence-corrected chi connectivity index (χ1v) is 14.4. The molecule has 0 radical (unpaired) electrons. The average molecular weight is 633 g/mol. The molecule has 2 fully saturated rings. The van der Waals surface area contributed by atoms with Crippen LogP contribution in [0.3, 0.4) is 0 Å². The second-order valence-electron chi connectivity index (χ2n) is 10.4. The highest BCUT2D eigenvalue weighted by atomic mass is 35.5. The summed E-state index contributed by atoms with van der Waals surface area (Å²) in [7, 11) is 1.36. The zero-order valence-electron chi connectivity index (χ0n) is 22.8. The van der Waals surface area contributed by atoms with Gasteiger partial charge in [-0.05, 0) is 30.5 Å². The quantitative estimate of drug-likeness (QED) is 0.295. The third-order valence-electron chi connectivity index (χ3n) is 8.25. The van der Waals surface area contributed by atoms with Crippen molar-refractivity contribution in [2.45, 2.75) is 18.4 Å². The van der Waals surface area contributed by atoms with Crippen molar-refractivity contribution in [1.29, 1.82) is 10.5 Å². The molecule has 220 valence electrons. The van der Waals surface area contributed by atoms with E-state index in [0.29, 0.717) is 37.3 Å². The van der Waals surface area contributed by atoms with E-state index in [1.165, 1.54) is 31.6 Å². The van der Waals surface area contributed by atoms with Gasteiger partial charge >= 0.3 is 12.0 Å². The number of fused-ring (bicyclic) bond motifs is 2. The van der Waals surface area contributed by atoms with Gasteiger partial charge < -0.3 is 20.3 Å². The number of likely N-dealkylation sites (tertiary alicyclic amines) is 1. The highest BCUT2D eigenvalue weighted by Crippen LogP contribution is 2.47. The number of carbonyl (C=O) groups is 1. The van der Waals surface area contributed by atoms with E-state index in [9.17, 15) is 14.4 Å².